The quantitative estimate of drug-likeness (QED) is 0.348. The fraction of sp³-hybridized carbons (Fsp3) is 0.120. The topological polar surface area (TPSA) is 4.93 Å². The van der Waals surface area contributed by atoms with E-state index in [0.717, 1.165) is 6.42 Å². The van der Waals surface area contributed by atoms with Crippen LogP contribution in [0.3, 0.4) is 0 Å². The Morgan fingerprint density at radius 3 is 2.35 bits per heavy atom. The number of aromatic nitrogens is 1. The van der Waals surface area contributed by atoms with Crippen LogP contribution in [-0.4, -0.2) is 4.57 Å². The minimum absolute atomic E-state index is 1.05. The van der Waals surface area contributed by atoms with Gasteiger partial charge in [0.1, 0.15) is 0 Å². The molecule has 1 nitrogen and oxygen atoms in total. The third-order valence-corrected chi connectivity index (χ3v) is 4.86. The molecule has 0 radical (unpaired) electrons. The molecule has 0 N–H and O–H groups in total. The molecule has 4 rings (SSSR count). The van der Waals surface area contributed by atoms with Crippen molar-refractivity contribution in [1.29, 1.82) is 0 Å². The summed E-state index contributed by atoms with van der Waals surface area (Å²) in [5.74, 6) is 0. The fourth-order valence-corrected chi connectivity index (χ4v) is 3.61. The van der Waals surface area contributed by atoms with Crippen LogP contribution in [0.1, 0.15) is 25.8 Å². The highest BCUT2D eigenvalue weighted by molar-refractivity contribution is 6.10. The number of allylic oxidation sites excluding steroid dienone is 4. The maximum absolute atomic E-state index is 2.35. The minimum Gasteiger partial charge on any atom is -0.309 e. The summed E-state index contributed by atoms with van der Waals surface area (Å²) in [4.78, 5) is 0. The molecule has 128 valence electrons. The van der Waals surface area contributed by atoms with Gasteiger partial charge in [-0.05, 0) is 54.8 Å². The van der Waals surface area contributed by atoms with Crippen molar-refractivity contribution in [3.05, 3.63) is 96.6 Å². The largest absolute Gasteiger partial charge is 0.309 e. The Labute approximate surface area is 154 Å². The number of nitrogens with zero attached hydrogens (tertiary/aromatic N) is 1. The Bertz CT molecular complexity index is 1110. The van der Waals surface area contributed by atoms with Gasteiger partial charge < -0.3 is 4.57 Å². The number of rotatable bonds is 4. The maximum atomic E-state index is 2.35. The number of hydrogen-bond donors (Lipinski definition) is 0. The van der Waals surface area contributed by atoms with Gasteiger partial charge in [0.15, 0.2) is 0 Å². The summed E-state index contributed by atoms with van der Waals surface area (Å²) < 4.78 is 2.35. The first-order valence-corrected chi connectivity index (χ1v) is 9.25. The third-order valence-electron chi connectivity index (χ3n) is 4.86. The van der Waals surface area contributed by atoms with Crippen molar-refractivity contribution in [3.63, 3.8) is 0 Å². The Balaban J connectivity index is 2.01. The van der Waals surface area contributed by atoms with E-state index in [4.69, 9.17) is 0 Å². The summed E-state index contributed by atoms with van der Waals surface area (Å²) in [6, 6.07) is 26.1. The van der Waals surface area contributed by atoms with Gasteiger partial charge in [-0.3, -0.25) is 0 Å². The molecule has 0 bridgehead atoms. The molecule has 1 aromatic heterocycles. The number of hydrogen-bond acceptors (Lipinski definition) is 0. The van der Waals surface area contributed by atoms with Crippen LogP contribution in [0.25, 0.3) is 33.1 Å². The van der Waals surface area contributed by atoms with E-state index >= 15 is 0 Å². The molecule has 0 aliphatic rings. The van der Waals surface area contributed by atoms with Crippen LogP contribution in [-0.2, 0) is 0 Å². The van der Waals surface area contributed by atoms with Gasteiger partial charge in [0.05, 0.1) is 11.0 Å². The van der Waals surface area contributed by atoms with Crippen molar-refractivity contribution in [2.24, 2.45) is 0 Å². The van der Waals surface area contributed by atoms with E-state index in [1.54, 1.807) is 0 Å². The summed E-state index contributed by atoms with van der Waals surface area (Å²) in [6.07, 6.45) is 7.67. The first kappa shape index (κ1) is 16.4. The molecule has 0 saturated heterocycles. The lowest BCUT2D eigenvalue weighted by atomic mass is 10.0. The van der Waals surface area contributed by atoms with E-state index < -0.39 is 0 Å². The Morgan fingerprint density at radius 2 is 1.58 bits per heavy atom. The minimum atomic E-state index is 1.05. The molecule has 0 aliphatic heterocycles. The standard InChI is InChI=1S/C25H23N/c1-3-5-11-19(4-2)20-16-17-25-23(18-20)22-14-9-10-15-24(22)26(25)21-12-7-6-8-13-21/h4-18H,3H2,1-2H3. The van der Waals surface area contributed by atoms with Crippen LogP contribution in [0.15, 0.2) is 91.0 Å². The summed E-state index contributed by atoms with van der Waals surface area (Å²) >= 11 is 0. The summed E-state index contributed by atoms with van der Waals surface area (Å²) in [5, 5.41) is 2.59. The molecule has 26 heavy (non-hydrogen) atoms. The van der Waals surface area contributed by atoms with Crippen molar-refractivity contribution in [1.82, 2.24) is 4.57 Å². The second-order valence-electron chi connectivity index (χ2n) is 6.47. The van der Waals surface area contributed by atoms with Crippen LogP contribution in [0.2, 0.25) is 0 Å². The normalized spacial score (nSPS) is 12.5. The maximum Gasteiger partial charge on any atom is 0.0541 e. The van der Waals surface area contributed by atoms with E-state index in [0.29, 0.717) is 0 Å². The lowest BCUT2D eigenvalue weighted by Gasteiger charge is -2.08. The molecule has 1 heteroatoms. The van der Waals surface area contributed by atoms with Gasteiger partial charge in [-0.15, -0.1) is 0 Å². The van der Waals surface area contributed by atoms with Crippen LogP contribution in [0.5, 0.6) is 0 Å². The highest BCUT2D eigenvalue weighted by atomic mass is 15.0. The molecule has 4 aromatic rings. The Morgan fingerprint density at radius 1 is 0.846 bits per heavy atom. The predicted molar refractivity (Wildman–Crippen MR) is 114 cm³/mol. The molecule has 0 saturated carbocycles. The van der Waals surface area contributed by atoms with E-state index in [1.165, 1.54) is 38.6 Å². The van der Waals surface area contributed by atoms with Gasteiger partial charge in [-0.2, -0.15) is 0 Å². The van der Waals surface area contributed by atoms with E-state index in [1.807, 2.05) is 0 Å². The van der Waals surface area contributed by atoms with E-state index in [-0.39, 0.29) is 0 Å². The van der Waals surface area contributed by atoms with Crippen molar-refractivity contribution >= 4 is 27.4 Å². The van der Waals surface area contributed by atoms with Crippen molar-refractivity contribution in [3.8, 4) is 5.69 Å². The van der Waals surface area contributed by atoms with E-state index in [2.05, 4.69) is 109 Å². The lowest BCUT2D eigenvalue weighted by molar-refractivity contribution is 1.18. The van der Waals surface area contributed by atoms with E-state index in [9.17, 15) is 0 Å². The predicted octanol–water partition coefficient (Wildman–Crippen LogP) is 7.15. The zero-order valence-electron chi connectivity index (χ0n) is 15.3. The molecule has 0 aliphatic carbocycles. The van der Waals surface area contributed by atoms with Crippen molar-refractivity contribution in [2.45, 2.75) is 20.3 Å². The first-order valence-electron chi connectivity index (χ1n) is 9.25. The smallest absolute Gasteiger partial charge is 0.0541 e. The molecular weight excluding hydrogens is 314 g/mol. The molecular formula is C25H23N. The zero-order chi connectivity index (χ0) is 17.9. The number of benzene rings is 3. The Kier molecular flexibility index (Phi) is 4.45. The SMILES string of the molecule is CC=C(C=CCC)c1ccc2c(c1)c1ccccc1n2-c1ccccc1. The van der Waals surface area contributed by atoms with Crippen LogP contribution in [0, 0.1) is 0 Å². The summed E-state index contributed by atoms with van der Waals surface area (Å²) in [7, 11) is 0. The van der Waals surface area contributed by atoms with Crippen molar-refractivity contribution in [2.75, 3.05) is 0 Å². The van der Waals surface area contributed by atoms with Gasteiger partial charge in [0.25, 0.3) is 0 Å². The highest BCUT2D eigenvalue weighted by Crippen LogP contribution is 2.33. The van der Waals surface area contributed by atoms with Gasteiger partial charge in [-0.1, -0.05) is 67.6 Å². The van der Waals surface area contributed by atoms with Gasteiger partial charge in [0.2, 0.25) is 0 Å². The van der Waals surface area contributed by atoms with Crippen LogP contribution < -0.4 is 0 Å². The molecule has 0 unspecified atom stereocenters. The zero-order valence-corrected chi connectivity index (χ0v) is 15.3. The lowest BCUT2D eigenvalue weighted by Crippen LogP contribution is -1.93. The van der Waals surface area contributed by atoms with Gasteiger partial charge in [0, 0.05) is 16.5 Å². The Hall–Kier alpha value is -3.06. The molecule has 1 heterocycles. The average Bonchev–Trinajstić information content (AvgIpc) is 3.03. The molecule has 0 amide bonds. The van der Waals surface area contributed by atoms with Crippen LogP contribution >= 0.6 is 0 Å². The van der Waals surface area contributed by atoms with Gasteiger partial charge in [-0.25, -0.2) is 0 Å². The highest BCUT2D eigenvalue weighted by Gasteiger charge is 2.12. The summed E-state index contributed by atoms with van der Waals surface area (Å²) in [5.41, 5.74) is 6.22. The first-order chi connectivity index (χ1) is 12.8. The molecule has 0 spiro atoms. The van der Waals surface area contributed by atoms with Gasteiger partial charge >= 0.3 is 0 Å². The third kappa shape index (κ3) is 2.76. The molecule has 0 atom stereocenters. The second-order valence-corrected chi connectivity index (χ2v) is 6.47. The molecule has 3 aromatic carbocycles. The second kappa shape index (κ2) is 7.05. The number of fused-ring (bicyclic) bond motifs is 3. The molecule has 0 fully saturated rings. The van der Waals surface area contributed by atoms with Crippen LogP contribution in [0.4, 0.5) is 0 Å². The monoisotopic (exact) mass is 337 g/mol. The summed E-state index contributed by atoms with van der Waals surface area (Å²) in [6.45, 7) is 4.27. The average molecular weight is 337 g/mol. The fourth-order valence-electron chi connectivity index (χ4n) is 3.61. The van der Waals surface area contributed by atoms with Crippen molar-refractivity contribution < 1.29 is 0 Å². The number of para-hydroxylation sites is 2.